The summed E-state index contributed by atoms with van der Waals surface area (Å²) in [4.78, 5) is 0. The van der Waals surface area contributed by atoms with Crippen molar-refractivity contribution in [2.45, 2.75) is 59.0 Å². The van der Waals surface area contributed by atoms with E-state index in [2.05, 4.69) is 20.8 Å². The van der Waals surface area contributed by atoms with Crippen LogP contribution in [0.15, 0.2) is 0 Å². The van der Waals surface area contributed by atoms with E-state index in [0.29, 0.717) is 5.92 Å². The Morgan fingerprint density at radius 3 is 2.50 bits per heavy atom. The molecule has 1 rings (SSSR count). The Hall–Kier alpha value is 0.310. The molecule has 0 bridgehead atoms. The second kappa shape index (κ2) is 7.60. The van der Waals surface area contributed by atoms with Gasteiger partial charge >= 0.3 is 0 Å². The zero-order valence-electron chi connectivity index (χ0n) is 11.1. The predicted molar refractivity (Wildman–Crippen MR) is 73.9 cm³/mol. The van der Waals surface area contributed by atoms with Gasteiger partial charge in [-0.2, -0.15) is 11.8 Å². The molecule has 1 saturated carbocycles. The fraction of sp³-hybridized carbons (Fsp3) is 1.00. The van der Waals surface area contributed by atoms with Gasteiger partial charge in [-0.3, -0.25) is 0 Å². The van der Waals surface area contributed by atoms with Gasteiger partial charge in [0.05, 0.1) is 6.10 Å². The van der Waals surface area contributed by atoms with Crippen LogP contribution in [0.25, 0.3) is 0 Å². The minimum atomic E-state index is -0.0611. The van der Waals surface area contributed by atoms with Crippen molar-refractivity contribution < 1.29 is 5.11 Å². The van der Waals surface area contributed by atoms with Gasteiger partial charge in [0.25, 0.3) is 0 Å². The largest absolute Gasteiger partial charge is 0.392 e. The molecule has 0 aromatic carbocycles. The van der Waals surface area contributed by atoms with Gasteiger partial charge in [0.2, 0.25) is 0 Å². The minimum Gasteiger partial charge on any atom is -0.392 e. The number of rotatable bonds is 6. The van der Waals surface area contributed by atoms with Gasteiger partial charge in [0, 0.05) is 5.75 Å². The van der Waals surface area contributed by atoms with E-state index in [1.54, 1.807) is 0 Å². The van der Waals surface area contributed by atoms with E-state index >= 15 is 0 Å². The Balaban J connectivity index is 2.29. The molecule has 0 aliphatic heterocycles. The molecule has 1 nitrogen and oxygen atoms in total. The lowest BCUT2D eigenvalue weighted by Gasteiger charge is -2.34. The Morgan fingerprint density at radius 2 is 1.88 bits per heavy atom. The number of aliphatic hydroxyl groups is 1. The SMILES string of the molecule is CCC1CCCCC1C(O)CSCC(C)C. The Labute approximate surface area is 105 Å². The van der Waals surface area contributed by atoms with E-state index in [4.69, 9.17) is 0 Å². The maximum atomic E-state index is 10.3. The summed E-state index contributed by atoms with van der Waals surface area (Å²) in [6.07, 6.45) is 6.48. The lowest BCUT2D eigenvalue weighted by molar-refractivity contribution is 0.0629. The molecule has 0 saturated heterocycles. The lowest BCUT2D eigenvalue weighted by Crippen LogP contribution is -2.32. The van der Waals surface area contributed by atoms with Crippen LogP contribution in [0.1, 0.15) is 52.9 Å². The van der Waals surface area contributed by atoms with Crippen LogP contribution in [0.4, 0.5) is 0 Å². The summed E-state index contributed by atoms with van der Waals surface area (Å²) in [5.74, 6) is 4.23. The van der Waals surface area contributed by atoms with Gasteiger partial charge in [-0.15, -0.1) is 0 Å². The third-order valence-corrected chi connectivity index (χ3v) is 5.21. The van der Waals surface area contributed by atoms with E-state index in [9.17, 15) is 5.11 Å². The quantitative estimate of drug-likeness (QED) is 0.763. The molecule has 1 N–H and O–H groups in total. The Kier molecular flexibility index (Phi) is 6.83. The van der Waals surface area contributed by atoms with E-state index in [1.165, 1.54) is 37.9 Å². The summed E-state index contributed by atoms with van der Waals surface area (Å²) >= 11 is 1.93. The van der Waals surface area contributed by atoms with Crippen LogP contribution in [-0.2, 0) is 0 Å². The van der Waals surface area contributed by atoms with E-state index in [-0.39, 0.29) is 6.10 Å². The Morgan fingerprint density at radius 1 is 1.19 bits per heavy atom. The molecule has 3 atom stereocenters. The smallest absolute Gasteiger partial charge is 0.0661 e. The maximum Gasteiger partial charge on any atom is 0.0661 e. The number of hydrogen-bond acceptors (Lipinski definition) is 2. The molecule has 2 heteroatoms. The van der Waals surface area contributed by atoms with Gasteiger partial charge < -0.3 is 5.11 Å². The first-order chi connectivity index (χ1) is 7.65. The molecule has 1 aliphatic carbocycles. The average molecular weight is 244 g/mol. The van der Waals surface area contributed by atoms with Crippen LogP contribution in [0.3, 0.4) is 0 Å². The monoisotopic (exact) mass is 244 g/mol. The highest BCUT2D eigenvalue weighted by molar-refractivity contribution is 7.99. The van der Waals surface area contributed by atoms with Crippen molar-refractivity contribution in [3.63, 3.8) is 0 Å². The third-order valence-electron chi connectivity index (χ3n) is 3.73. The normalized spacial score (nSPS) is 28.3. The van der Waals surface area contributed by atoms with Crippen molar-refractivity contribution in [1.82, 2.24) is 0 Å². The summed E-state index contributed by atoms with van der Waals surface area (Å²) < 4.78 is 0. The van der Waals surface area contributed by atoms with Crippen molar-refractivity contribution in [3.8, 4) is 0 Å². The van der Waals surface area contributed by atoms with E-state index in [1.807, 2.05) is 11.8 Å². The Bertz CT molecular complexity index is 182. The highest BCUT2D eigenvalue weighted by atomic mass is 32.2. The maximum absolute atomic E-state index is 10.3. The molecule has 0 heterocycles. The van der Waals surface area contributed by atoms with E-state index < -0.39 is 0 Å². The number of aliphatic hydroxyl groups excluding tert-OH is 1. The second-order valence-electron chi connectivity index (χ2n) is 5.62. The molecule has 0 spiro atoms. The van der Waals surface area contributed by atoms with Crippen molar-refractivity contribution >= 4 is 11.8 Å². The predicted octanol–water partition coefficient (Wildman–Crippen LogP) is 3.95. The molecule has 3 unspecified atom stereocenters. The molecule has 0 radical (unpaired) electrons. The van der Waals surface area contributed by atoms with Crippen molar-refractivity contribution in [2.75, 3.05) is 11.5 Å². The lowest BCUT2D eigenvalue weighted by atomic mass is 9.75. The van der Waals surface area contributed by atoms with Gasteiger partial charge in [0.1, 0.15) is 0 Å². The first kappa shape index (κ1) is 14.4. The molecule has 0 aromatic rings. The zero-order valence-corrected chi connectivity index (χ0v) is 11.9. The summed E-state index contributed by atoms with van der Waals surface area (Å²) in [6, 6.07) is 0. The highest BCUT2D eigenvalue weighted by Crippen LogP contribution is 2.35. The van der Waals surface area contributed by atoms with Gasteiger partial charge in [0.15, 0.2) is 0 Å². The van der Waals surface area contributed by atoms with Crippen LogP contribution in [-0.4, -0.2) is 22.7 Å². The van der Waals surface area contributed by atoms with Crippen LogP contribution in [0.2, 0.25) is 0 Å². The van der Waals surface area contributed by atoms with Crippen LogP contribution >= 0.6 is 11.8 Å². The van der Waals surface area contributed by atoms with Crippen LogP contribution in [0, 0.1) is 17.8 Å². The van der Waals surface area contributed by atoms with Crippen molar-refractivity contribution in [2.24, 2.45) is 17.8 Å². The molecule has 0 aromatic heterocycles. The highest BCUT2D eigenvalue weighted by Gasteiger charge is 2.29. The molecular formula is C14H28OS. The summed E-state index contributed by atoms with van der Waals surface area (Å²) in [6.45, 7) is 6.76. The van der Waals surface area contributed by atoms with Crippen LogP contribution < -0.4 is 0 Å². The van der Waals surface area contributed by atoms with Crippen LogP contribution in [0.5, 0.6) is 0 Å². The minimum absolute atomic E-state index is 0.0611. The number of hydrogen-bond donors (Lipinski definition) is 1. The topological polar surface area (TPSA) is 20.2 Å². The van der Waals surface area contributed by atoms with Gasteiger partial charge in [-0.1, -0.05) is 46.5 Å². The first-order valence-corrected chi connectivity index (χ1v) is 8.06. The second-order valence-corrected chi connectivity index (χ2v) is 6.69. The van der Waals surface area contributed by atoms with E-state index in [0.717, 1.165) is 17.6 Å². The summed E-state index contributed by atoms with van der Waals surface area (Å²) in [5.41, 5.74) is 0. The summed E-state index contributed by atoms with van der Waals surface area (Å²) in [7, 11) is 0. The molecule has 96 valence electrons. The average Bonchev–Trinajstić information content (AvgIpc) is 2.28. The standard InChI is InChI=1S/C14H28OS/c1-4-12-7-5-6-8-13(12)14(15)10-16-9-11(2)3/h11-15H,4-10H2,1-3H3. The molecule has 1 fully saturated rings. The molecule has 16 heavy (non-hydrogen) atoms. The zero-order chi connectivity index (χ0) is 12.0. The third kappa shape index (κ3) is 4.67. The molecule has 1 aliphatic rings. The van der Waals surface area contributed by atoms with Crippen molar-refractivity contribution in [3.05, 3.63) is 0 Å². The number of thioether (sulfide) groups is 1. The van der Waals surface area contributed by atoms with Gasteiger partial charge in [-0.05, 0) is 29.9 Å². The fourth-order valence-electron chi connectivity index (χ4n) is 2.80. The fourth-order valence-corrected chi connectivity index (χ4v) is 3.89. The summed E-state index contributed by atoms with van der Waals surface area (Å²) in [5, 5.41) is 10.3. The molecule has 0 amide bonds. The van der Waals surface area contributed by atoms with Gasteiger partial charge in [-0.25, -0.2) is 0 Å². The van der Waals surface area contributed by atoms with Crippen molar-refractivity contribution in [1.29, 1.82) is 0 Å². The molecular weight excluding hydrogens is 216 g/mol. The first-order valence-electron chi connectivity index (χ1n) is 6.91.